The topological polar surface area (TPSA) is 76.1 Å². The van der Waals surface area contributed by atoms with E-state index in [0.717, 1.165) is 16.8 Å². The number of piperazine rings is 1. The van der Waals surface area contributed by atoms with Crippen LogP contribution in [0.5, 0.6) is 5.75 Å². The highest BCUT2D eigenvalue weighted by Crippen LogP contribution is 2.23. The normalized spacial score (nSPS) is 14.6. The molecule has 0 atom stereocenters. The first-order valence-electron chi connectivity index (χ1n) is 11.1. The van der Waals surface area contributed by atoms with Gasteiger partial charge in [0.05, 0.1) is 17.6 Å². The molecular formula is C26H28N2O5S. The Morgan fingerprint density at radius 2 is 1.65 bits per heavy atom. The van der Waals surface area contributed by atoms with Gasteiger partial charge in [0.15, 0.2) is 0 Å². The number of hydrogen-bond donors (Lipinski definition) is 0. The number of methoxy groups -OCH3 is 1. The molecule has 3 aromatic carbocycles. The maximum atomic E-state index is 13.2. The number of aryl methyl sites for hydroxylation is 1. The first-order valence-corrected chi connectivity index (χ1v) is 12.5. The van der Waals surface area contributed by atoms with Crippen molar-refractivity contribution < 1.29 is 22.7 Å². The number of sulfonamides is 1. The van der Waals surface area contributed by atoms with E-state index in [0.29, 0.717) is 31.9 Å². The van der Waals surface area contributed by atoms with Crippen molar-refractivity contribution in [2.75, 3.05) is 38.2 Å². The number of anilines is 1. The van der Waals surface area contributed by atoms with Gasteiger partial charge in [0.2, 0.25) is 10.0 Å². The van der Waals surface area contributed by atoms with Crippen LogP contribution in [0.4, 0.5) is 5.69 Å². The van der Waals surface area contributed by atoms with Gasteiger partial charge in [-0.1, -0.05) is 35.9 Å². The molecule has 1 aliphatic heterocycles. The molecule has 1 saturated heterocycles. The maximum Gasteiger partial charge on any atom is 0.338 e. The molecule has 0 aromatic heterocycles. The Balaban J connectivity index is 1.43. The second-order valence-electron chi connectivity index (χ2n) is 8.15. The molecule has 0 saturated carbocycles. The zero-order valence-corrected chi connectivity index (χ0v) is 20.1. The van der Waals surface area contributed by atoms with Crippen molar-refractivity contribution in [1.82, 2.24) is 4.31 Å². The lowest BCUT2D eigenvalue weighted by atomic mass is 10.1. The summed E-state index contributed by atoms with van der Waals surface area (Å²) in [6.07, 6.45) is 0. The number of nitrogens with zero attached hydrogens (tertiary/aromatic N) is 2. The van der Waals surface area contributed by atoms with Gasteiger partial charge >= 0.3 is 5.97 Å². The highest BCUT2D eigenvalue weighted by atomic mass is 32.2. The van der Waals surface area contributed by atoms with Crippen molar-refractivity contribution in [2.24, 2.45) is 0 Å². The second kappa shape index (κ2) is 10.3. The molecule has 178 valence electrons. The lowest BCUT2D eigenvalue weighted by Gasteiger charge is -2.35. The Morgan fingerprint density at radius 3 is 2.35 bits per heavy atom. The molecule has 0 radical (unpaired) electrons. The fourth-order valence-electron chi connectivity index (χ4n) is 4.00. The third-order valence-corrected chi connectivity index (χ3v) is 7.76. The van der Waals surface area contributed by atoms with Crippen LogP contribution in [-0.2, 0) is 21.4 Å². The van der Waals surface area contributed by atoms with Gasteiger partial charge in [0.1, 0.15) is 12.4 Å². The monoisotopic (exact) mass is 480 g/mol. The predicted molar refractivity (Wildman–Crippen MR) is 131 cm³/mol. The number of carbonyl (C=O) groups is 1. The van der Waals surface area contributed by atoms with Gasteiger partial charge in [-0.15, -0.1) is 0 Å². The Labute approximate surface area is 200 Å². The molecule has 1 heterocycles. The van der Waals surface area contributed by atoms with Crippen LogP contribution in [0.15, 0.2) is 77.7 Å². The Bertz CT molecular complexity index is 1250. The third kappa shape index (κ3) is 5.24. The number of para-hydroxylation sites is 1. The highest BCUT2D eigenvalue weighted by Gasteiger charge is 2.29. The van der Waals surface area contributed by atoms with E-state index >= 15 is 0 Å². The minimum Gasteiger partial charge on any atom is -0.496 e. The molecule has 0 amide bonds. The molecule has 4 rings (SSSR count). The summed E-state index contributed by atoms with van der Waals surface area (Å²) in [4.78, 5) is 14.9. The summed E-state index contributed by atoms with van der Waals surface area (Å²) in [5.41, 5.74) is 3.04. The van der Waals surface area contributed by atoms with Gasteiger partial charge in [-0.05, 0) is 49.4 Å². The van der Waals surface area contributed by atoms with Crippen LogP contribution in [0.3, 0.4) is 0 Å². The summed E-state index contributed by atoms with van der Waals surface area (Å²) in [5, 5.41) is 0. The molecule has 0 aliphatic carbocycles. The molecule has 0 N–H and O–H groups in total. The quantitative estimate of drug-likeness (QED) is 0.478. The van der Waals surface area contributed by atoms with E-state index in [1.807, 2.05) is 55.5 Å². The lowest BCUT2D eigenvalue weighted by Crippen LogP contribution is -2.48. The molecule has 1 fully saturated rings. The Kier molecular flexibility index (Phi) is 7.19. The molecule has 7 nitrogen and oxygen atoms in total. The first kappa shape index (κ1) is 23.8. The van der Waals surface area contributed by atoms with Crippen molar-refractivity contribution in [1.29, 1.82) is 0 Å². The smallest absolute Gasteiger partial charge is 0.338 e. The third-order valence-electron chi connectivity index (χ3n) is 5.86. The van der Waals surface area contributed by atoms with Crippen molar-refractivity contribution in [3.05, 3.63) is 89.5 Å². The van der Waals surface area contributed by atoms with Gasteiger partial charge in [-0.2, -0.15) is 4.31 Å². The molecular weight excluding hydrogens is 452 g/mol. The van der Waals surface area contributed by atoms with Crippen LogP contribution in [0, 0.1) is 6.92 Å². The number of rotatable bonds is 7. The summed E-state index contributed by atoms with van der Waals surface area (Å²) in [6, 6.07) is 21.6. The number of benzene rings is 3. The molecule has 34 heavy (non-hydrogen) atoms. The summed E-state index contributed by atoms with van der Waals surface area (Å²) in [7, 11) is -2.17. The van der Waals surface area contributed by atoms with E-state index < -0.39 is 16.0 Å². The van der Waals surface area contributed by atoms with Crippen molar-refractivity contribution in [3.8, 4) is 5.75 Å². The number of ether oxygens (including phenoxy) is 2. The second-order valence-corrected chi connectivity index (χ2v) is 10.1. The van der Waals surface area contributed by atoms with E-state index in [2.05, 4.69) is 4.90 Å². The van der Waals surface area contributed by atoms with Crippen LogP contribution < -0.4 is 9.64 Å². The average molecular weight is 481 g/mol. The van der Waals surface area contributed by atoms with E-state index in [4.69, 9.17) is 9.47 Å². The van der Waals surface area contributed by atoms with Gasteiger partial charge < -0.3 is 14.4 Å². The minimum absolute atomic E-state index is 0.0299. The minimum atomic E-state index is -3.73. The first-order chi connectivity index (χ1) is 16.4. The standard InChI is InChI=1S/C26H28N2O5S/c1-20-11-12-25(32-2)22(17-20)19-33-26(29)21-7-6-10-24(18-21)34(30,31)28-15-13-27(14-16-28)23-8-4-3-5-9-23/h3-12,17-18H,13-16,19H2,1-2H3. The molecule has 1 aliphatic rings. The number of carbonyl (C=O) groups excluding carboxylic acids is 1. The number of hydrogen-bond acceptors (Lipinski definition) is 6. The van der Waals surface area contributed by atoms with E-state index in [1.54, 1.807) is 19.2 Å². The fourth-order valence-corrected chi connectivity index (χ4v) is 5.47. The summed E-state index contributed by atoms with van der Waals surface area (Å²) in [5.74, 6) is 0.0406. The maximum absolute atomic E-state index is 13.2. The zero-order chi connectivity index (χ0) is 24.1. The van der Waals surface area contributed by atoms with E-state index in [-0.39, 0.29) is 17.1 Å². The molecule has 0 spiro atoms. The molecule has 3 aromatic rings. The molecule has 0 unspecified atom stereocenters. The number of esters is 1. The summed E-state index contributed by atoms with van der Waals surface area (Å²) >= 11 is 0. The van der Waals surface area contributed by atoms with Crippen LogP contribution in [0.1, 0.15) is 21.5 Å². The fraction of sp³-hybridized carbons (Fsp3) is 0.269. The van der Waals surface area contributed by atoms with Gasteiger partial charge in [0.25, 0.3) is 0 Å². The lowest BCUT2D eigenvalue weighted by molar-refractivity contribution is 0.0470. The Hall–Kier alpha value is -3.36. The summed E-state index contributed by atoms with van der Waals surface area (Å²) < 4.78 is 38.7. The van der Waals surface area contributed by atoms with Crippen LogP contribution in [0.25, 0.3) is 0 Å². The molecule has 0 bridgehead atoms. The average Bonchev–Trinajstić information content (AvgIpc) is 2.88. The van der Waals surface area contributed by atoms with E-state index in [1.165, 1.54) is 16.4 Å². The Morgan fingerprint density at radius 1 is 0.912 bits per heavy atom. The van der Waals surface area contributed by atoms with E-state index in [9.17, 15) is 13.2 Å². The van der Waals surface area contributed by atoms with Gasteiger partial charge in [0, 0.05) is 37.4 Å². The van der Waals surface area contributed by atoms with Crippen molar-refractivity contribution in [3.63, 3.8) is 0 Å². The summed E-state index contributed by atoms with van der Waals surface area (Å²) in [6.45, 7) is 3.92. The van der Waals surface area contributed by atoms with Gasteiger partial charge in [-0.3, -0.25) is 0 Å². The van der Waals surface area contributed by atoms with Crippen LogP contribution >= 0.6 is 0 Å². The van der Waals surface area contributed by atoms with Crippen LogP contribution in [0.2, 0.25) is 0 Å². The predicted octanol–water partition coefficient (Wildman–Crippen LogP) is 3.87. The van der Waals surface area contributed by atoms with Crippen molar-refractivity contribution >= 4 is 21.7 Å². The SMILES string of the molecule is COc1ccc(C)cc1COC(=O)c1cccc(S(=O)(=O)N2CCN(c3ccccc3)CC2)c1. The van der Waals surface area contributed by atoms with Crippen LogP contribution in [-0.4, -0.2) is 52.0 Å². The van der Waals surface area contributed by atoms with Gasteiger partial charge in [-0.25, -0.2) is 13.2 Å². The highest BCUT2D eigenvalue weighted by molar-refractivity contribution is 7.89. The van der Waals surface area contributed by atoms with Crippen molar-refractivity contribution in [2.45, 2.75) is 18.4 Å². The zero-order valence-electron chi connectivity index (χ0n) is 19.3. The largest absolute Gasteiger partial charge is 0.496 e. The molecule has 8 heteroatoms.